The van der Waals surface area contributed by atoms with Crippen molar-refractivity contribution in [2.24, 2.45) is 0 Å². The smallest absolute Gasteiger partial charge is 0.221 e. The van der Waals surface area contributed by atoms with Gasteiger partial charge in [-0.1, -0.05) is 0 Å². The second-order valence-electron chi connectivity index (χ2n) is 5.30. The molecule has 0 radical (unpaired) electrons. The van der Waals surface area contributed by atoms with E-state index in [1.54, 1.807) is 0 Å². The number of nitrogens with zero attached hydrogens (tertiary/aromatic N) is 2. The molecule has 2 fully saturated rings. The molecule has 2 rings (SSSR count). The van der Waals surface area contributed by atoms with E-state index in [0.29, 0.717) is 12.5 Å². The third-order valence-electron chi connectivity index (χ3n) is 4.01. The van der Waals surface area contributed by atoms with Crippen LogP contribution in [0.4, 0.5) is 0 Å². The molecule has 0 aromatic rings. The van der Waals surface area contributed by atoms with Crippen molar-refractivity contribution < 1.29 is 9.90 Å². The van der Waals surface area contributed by atoms with Gasteiger partial charge in [-0.25, -0.2) is 0 Å². The Kier molecular flexibility index (Phi) is 5.41. The zero-order valence-electron chi connectivity index (χ0n) is 11.1. The molecule has 104 valence electrons. The number of aliphatic hydroxyl groups excluding tert-OH is 1. The van der Waals surface area contributed by atoms with Gasteiger partial charge in [-0.2, -0.15) is 0 Å². The molecule has 2 heterocycles. The highest BCUT2D eigenvalue weighted by Crippen LogP contribution is 2.16. The highest BCUT2D eigenvalue weighted by molar-refractivity contribution is 5.76. The van der Waals surface area contributed by atoms with E-state index in [0.717, 1.165) is 58.5 Å². The van der Waals surface area contributed by atoms with E-state index in [1.807, 2.05) is 0 Å². The lowest BCUT2D eigenvalue weighted by molar-refractivity contribution is -0.121. The van der Waals surface area contributed by atoms with Crippen molar-refractivity contribution in [3.05, 3.63) is 0 Å². The Morgan fingerprint density at radius 3 is 2.94 bits per heavy atom. The number of carbonyl (C=O) groups is 1. The van der Waals surface area contributed by atoms with Crippen LogP contribution in [0, 0.1) is 0 Å². The van der Waals surface area contributed by atoms with Gasteiger partial charge in [0.1, 0.15) is 0 Å². The maximum Gasteiger partial charge on any atom is 0.221 e. The molecule has 0 aliphatic carbocycles. The summed E-state index contributed by atoms with van der Waals surface area (Å²) in [7, 11) is 0. The number of nitrogens with one attached hydrogen (secondary N) is 1. The van der Waals surface area contributed by atoms with Gasteiger partial charge in [0, 0.05) is 38.6 Å². The fourth-order valence-electron chi connectivity index (χ4n) is 2.99. The summed E-state index contributed by atoms with van der Waals surface area (Å²) < 4.78 is 0. The van der Waals surface area contributed by atoms with Crippen LogP contribution >= 0.6 is 0 Å². The summed E-state index contributed by atoms with van der Waals surface area (Å²) in [5, 5.41) is 11.9. The third kappa shape index (κ3) is 3.93. The number of rotatable bonds is 3. The highest BCUT2D eigenvalue weighted by atomic mass is 16.3. The molecule has 2 aliphatic heterocycles. The van der Waals surface area contributed by atoms with Crippen LogP contribution in [-0.2, 0) is 4.79 Å². The van der Waals surface area contributed by atoms with Crippen molar-refractivity contribution in [2.75, 3.05) is 45.9 Å². The summed E-state index contributed by atoms with van der Waals surface area (Å²) >= 11 is 0. The quantitative estimate of drug-likeness (QED) is 0.724. The molecule has 0 aromatic heterocycles. The van der Waals surface area contributed by atoms with E-state index in [1.165, 1.54) is 0 Å². The number of carbonyl (C=O) groups excluding carboxylic acids is 1. The average molecular weight is 255 g/mol. The van der Waals surface area contributed by atoms with Gasteiger partial charge < -0.3 is 10.4 Å². The molecule has 2 saturated heterocycles. The van der Waals surface area contributed by atoms with Crippen LogP contribution in [-0.4, -0.2) is 72.7 Å². The minimum Gasteiger partial charge on any atom is -0.395 e. The molecule has 18 heavy (non-hydrogen) atoms. The van der Waals surface area contributed by atoms with Crippen LogP contribution in [0.5, 0.6) is 0 Å². The fourth-order valence-corrected chi connectivity index (χ4v) is 2.99. The summed E-state index contributed by atoms with van der Waals surface area (Å²) in [4.78, 5) is 16.4. The first kappa shape index (κ1) is 13.8. The molecule has 1 unspecified atom stereocenters. The van der Waals surface area contributed by atoms with Crippen molar-refractivity contribution in [3.63, 3.8) is 0 Å². The van der Waals surface area contributed by atoms with Crippen molar-refractivity contribution in [1.29, 1.82) is 0 Å². The molecule has 0 aromatic carbocycles. The molecular weight excluding hydrogens is 230 g/mol. The molecule has 0 bridgehead atoms. The highest BCUT2D eigenvalue weighted by Gasteiger charge is 2.25. The zero-order valence-corrected chi connectivity index (χ0v) is 11.1. The summed E-state index contributed by atoms with van der Waals surface area (Å²) in [6.45, 7) is 6.04. The molecule has 1 atom stereocenters. The van der Waals surface area contributed by atoms with Crippen molar-refractivity contribution in [1.82, 2.24) is 15.1 Å². The third-order valence-corrected chi connectivity index (χ3v) is 4.01. The number of hydrogen-bond donors (Lipinski definition) is 2. The lowest BCUT2D eigenvalue weighted by atomic mass is 10.1. The van der Waals surface area contributed by atoms with Gasteiger partial charge in [-0.15, -0.1) is 0 Å². The van der Waals surface area contributed by atoms with Crippen LogP contribution < -0.4 is 5.32 Å². The number of β-amino-alcohol motifs (C(OH)–C–C–N with tert-alkyl or cyclic N) is 1. The van der Waals surface area contributed by atoms with Gasteiger partial charge in [0.05, 0.1) is 6.61 Å². The average Bonchev–Trinajstić information content (AvgIpc) is 2.70. The zero-order chi connectivity index (χ0) is 12.8. The van der Waals surface area contributed by atoms with Crippen LogP contribution in [0.3, 0.4) is 0 Å². The van der Waals surface area contributed by atoms with Gasteiger partial charge in [-0.05, 0) is 32.4 Å². The molecular formula is C13H25N3O2. The Hall–Kier alpha value is -0.650. The van der Waals surface area contributed by atoms with Crippen LogP contribution in [0.2, 0.25) is 0 Å². The Labute approximate surface area is 109 Å². The molecule has 1 amide bonds. The number of amides is 1. The van der Waals surface area contributed by atoms with Gasteiger partial charge in [0.15, 0.2) is 0 Å². The lowest BCUT2D eigenvalue weighted by Crippen LogP contribution is -2.40. The summed E-state index contributed by atoms with van der Waals surface area (Å²) in [5.41, 5.74) is 0. The normalized spacial score (nSPS) is 28.5. The number of aliphatic hydroxyl groups is 1. The molecule has 5 heteroatoms. The van der Waals surface area contributed by atoms with E-state index in [2.05, 4.69) is 15.1 Å². The second kappa shape index (κ2) is 7.07. The van der Waals surface area contributed by atoms with E-state index >= 15 is 0 Å². The Bertz CT molecular complexity index is 273. The van der Waals surface area contributed by atoms with Gasteiger partial charge in [-0.3, -0.25) is 14.6 Å². The summed E-state index contributed by atoms with van der Waals surface area (Å²) in [6.07, 6.45) is 4.00. The maximum absolute atomic E-state index is 11.6. The van der Waals surface area contributed by atoms with E-state index < -0.39 is 0 Å². The first-order valence-electron chi connectivity index (χ1n) is 7.13. The first-order chi connectivity index (χ1) is 8.79. The lowest BCUT2D eigenvalue weighted by Gasteiger charge is -2.29. The SMILES string of the molecule is O=C1CC(N2CCCN(CCO)CC2)CCCN1. The van der Waals surface area contributed by atoms with E-state index in [-0.39, 0.29) is 12.5 Å². The minimum absolute atomic E-state index is 0.203. The molecule has 2 aliphatic rings. The predicted octanol–water partition coefficient (Wildman–Crippen LogP) is -0.345. The van der Waals surface area contributed by atoms with Crippen LogP contribution in [0.25, 0.3) is 0 Å². The van der Waals surface area contributed by atoms with Gasteiger partial charge >= 0.3 is 0 Å². The first-order valence-corrected chi connectivity index (χ1v) is 7.13. The Balaban J connectivity index is 1.86. The predicted molar refractivity (Wildman–Crippen MR) is 70.4 cm³/mol. The fraction of sp³-hybridized carbons (Fsp3) is 0.923. The summed E-state index contributed by atoms with van der Waals surface area (Å²) in [6, 6.07) is 0.418. The monoisotopic (exact) mass is 255 g/mol. The topological polar surface area (TPSA) is 55.8 Å². The standard InChI is InChI=1S/C13H25N3O2/c17-10-9-15-5-2-6-16(8-7-15)12-3-1-4-14-13(18)11-12/h12,17H,1-11H2,(H,14,18). The largest absolute Gasteiger partial charge is 0.395 e. The summed E-state index contributed by atoms with van der Waals surface area (Å²) in [5.74, 6) is 0.203. The van der Waals surface area contributed by atoms with Gasteiger partial charge in [0.2, 0.25) is 5.91 Å². The van der Waals surface area contributed by atoms with E-state index in [9.17, 15) is 4.79 Å². The van der Waals surface area contributed by atoms with Gasteiger partial charge in [0.25, 0.3) is 0 Å². The second-order valence-corrected chi connectivity index (χ2v) is 5.30. The Morgan fingerprint density at radius 1 is 1.22 bits per heavy atom. The minimum atomic E-state index is 0.203. The van der Waals surface area contributed by atoms with Crippen molar-refractivity contribution in [2.45, 2.75) is 31.7 Å². The molecule has 5 nitrogen and oxygen atoms in total. The maximum atomic E-state index is 11.6. The van der Waals surface area contributed by atoms with Crippen LogP contribution in [0.15, 0.2) is 0 Å². The van der Waals surface area contributed by atoms with E-state index in [4.69, 9.17) is 5.11 Å². The molecule has 2 N–H and O–H groups in total. The number of hydrogen-bond acceptors (Lipinski definition) is 4. The Morgan fingerprint density at radius 2 is 2.11 bits per heavy atom. The van der Waals surface area contributed by atoms with Crippen LogP contribution in [0.1, 0.15) is 25.7 Å². The van der Waals surface area contributed by atoms with Crippen molar-refractivity contribution >= 4 is 5.91 Å². The van der Waals surface area contributed by atoms with Crippen molar-refractivity contribution in [3.8, 4) is 0 Å². The molecule has 0 spiro atoms. The molecule has 0 saturated carbocycles.